The summed E-state index contributed by atoms with van der Waals surface area (Å²) in [5.74, 6) is -0.652. The lowest BCUT2D eigenvalue weighted by molar-refractivity contribution is -0.384. The second-order valence-electron chi connectivity index (χ2n) is 5.05. The number of rotatable bonds is 6. The molecule has 0 saturated carbocycles. The molecule has 1 N–H and O–H groups in total. The van der Waals surface area contributed by atoms with E-state index in [1.807, 2.05) is 0 Å². The molecule has 0 aliphatic heterocycles. The fraction of sp³-hybridized carbons (Fsp3) is 0.125. The van der Waals surface area contributed by atoms with E-state index in [2.05, 4.69) is 10.3 Å². The highest BCUT2D eigenvalue weighted by molar-refractivity contribution is 7.99. The van der Waals surface area contributed by atoms with Gasteiger partial charge in [-0.1, -0.05) is 30.0 Å². The van der Waals surface area contributed by atoms with Gasteiger partial charge in [0.2, 0.25) is 5.91 Å². The van der Waals surface area contributed by atoms with Crippen molar-refractivity contribution in [2.45, 2.75) is 11.8 Å². The maximum absolute atomic E-state index is 13.5. The molecule has 0 radical (unpaired) electrons. The van der Waals surface area contributed by atoms with E-state index >= 15 is 0 Å². The number of carbonyl (C=O) groups is 1. The van der Waals surface area contributed by atoms with E-state index in [4.69, 9.17) is 4.42 Å². The fourth-order valence-corrected chi connectivity index (χ4v) is 2.75. The second-order valence-corrected chi connectivity index (χ2v) is 5.97. The number of hydrogen-bond acceptors (Lipinski definition) is 6. The van der Waals surface area contributed by atoms with E-state index in [1.165, 1.54) is 24.3 Å². The standard InChI is InChI=1S/C16H12FN3O4S/c17-12-4-2-1-3-10(12)8-18-15(21)9-25-16-19-13-7-11(20(22)23)5-6-14(13)24-16/h1-7H,8-9H2,(H,18,21). The largest absolute Gasteiger partial charge is 0.431 e. The predicted molar refractivity (Wildman–Crippen MR) is 89.6 cm³/mol. The van der Waals surface area contributed by atoms with Crippen molar-refractivity contribution in [3.05, 3.63) is 64.0 Å². The Balaban J connectivity index is 1.57. The minimum Gasteiger partial charge on any atom is -0.431 e. The number of halogens is 1. The lowest BCUT2D eigenvalue weighted by atomic mass is 10.2. The molecule has 0 aliphatic rings. The van der Waals surface area contributed by atoms with Crippen molar-refractivity contribution < 1.29 is 18.5 Å². The Kier molecular flexibility index (Phi) is 4.94. The predicted octanol–water partition coefficient (Wildman–Crippen LogP) is 3.28. The number of aromatic nitrogens is 1. The summed E-state index contributed by atoms with van der Waals surface area (Å²) in [6.45, 7) is 0.0891. The first-order valence-corrected chi connectivity index (χ1v) is 8.19. The monoisotopic (exact) mass is 361 g/mol. The van der Waals surface area contributed by atoms with Crippen molar-refractivity contribution in [2.24, 2.45) is 0 Å². The summed E-state index contributed by atoms with van der Waals surface area (Å²) in [4.78, 5) is 26.2. The summed E-state index contributed by atoms with van der Waals surface area (Å²) < 4.78 is 18.9. The van der Waals surface area contributed by atoms with Gasteiger partial charge in [0.15, 0.2) is 5.58 Å². The summed E-state index contributed by atoms with van der Waals surface area (Å²) in [5.41, 5.74) is 1.07. The van der Waals surface area contributed by atoms with Crippen LogP contribution in [0.3, 0.4) is 0 Å². The number of amides is 1. The van der Waals surface area contributed by atoms with Gasteiger partial charge in [0.1, 0.15) is 11.3 Å². The number of nitrogens with one attached hydrogen (secondary N) is 1. The number of benzene rings is 2. The first kappa shape index (κ1) is 16.9. The van der Waals surface area contributed by atoms with Gasteiger partial charge in [-0.25, -0.2) is 9.37 Å². The van der Waals surface area contributed by atoms with Crippen LogP contribution >= 0.6 is 11.8 Å². The molecule has 1 aromatic heterocycles. The molecule has 25 heavy (non-hydrogen) atoms. The van der Waals surface area contributed by atoms with E-state index in [9.17, 15) is 19.3 Å². The second kappa shape index (κ2) is 7.31. The van der Waals surface area contributed by atoms with Crippen LogP contribution < -0.4 is 5.32 Å². The summed E-state index contributed by atoms with van der Waals surface area (Å²) >= 11 is 1.05. The average Bonchev–Trinajstić information content (AvgIpc) is 3.01. The number of nitro benzene ring substituents is 1. The third kappa shape index (κ3) is 4.13. The van der Waals surface area contributed by atoms with Crippen molar-refractivity contribution in [3.63, 3.8) is 0 Å². The van der Waals surface area contributed by atoms with Gasteiger partial charge in [-0.15, -0.1) is 0 Å². The Bertz CT molecular complexity index is 944. The Hall–Kier alpha value is -2.94. The molecule has 7 nitrogen and oxygen atoms in total. The zero-order valence-electron chi connectivity index (χ0n) is 12.8. The molecule has 2 aromatic carbocycles. The van der Waals surface area contributed by atoms with Crippen LogP contribution in [0.2, 0.25) is 0 Å². The van der Waals surface area contributed by atoms with Gasteiger partial charge in [-0.05, 0) is 12.1 Å². The molecule has 0 bridgehead atoms. The molecule has 3 aromatic rings. The normalized spacial score (nSPS) is 10.8. The van der Waals surface area contributed by atoms with E-state index in [0.29, 0.717) is 16.7 Å². The summed E-state index contributed by atoms with van der Waals surface area (Å²) in [6.07, 6.45) is 0. The molecule has 9 heteroatoms. The smallest absolute Gasteiger partial charge is 0.271 e. The molecule has 1 amide bonds. The van der Waals surface area contributed by atoms with Crippen LogP contribution in [0, 0.1) is 15.9 Å². The van der Waals surface area contributed by atoms with E-state index < -0.39 is 4.92 Å². The first-order valence-electron chi connectivity index (χ1n) is 7.21. The SMILES string of the molecule is O=C(CSc1nc2cc([N+](=O)[O-])ccc2o1)NCc1ccccc1F. The van der Waals surface area contributed by atoms with Crippen LogP contribution in [0.15, 0.2) is 52.1 Å². The summed E-state index contributed by atoms with van der Waals surface area (Å²) in [6, 6.07) is 10.3. The van der Waals surface area contributed by atoms with Gasteiger partial charge < -0.3 is 9.73 Å². The minimum absolute atomic E-state index is 0.0311. The van der Waals surface area contributed by atoms with Gasteiger partial charge in [0, 0.05) is 24.2 Å². The molecular formula is C16H12FN3O4S. The third-order valence-electron chi connectivity index (χ3n) is 3.32. The van der Waals surface area contributed by atoms with Gasteiger partial charge >= 0.3 is 0 Å². The molecule has 0 atom stereocenters. The van der Waals surface area contributed by atoms with Crippen LogP contribution in [0.5, 0.6) is 0 Å². The third-order valence-corrected chi connectivity index (χ3v) is 4.15. The fourth-order valence-electron chi connectivity index (χ4n) is 2.08. The number of nitro groups is 1. The van der Waals surface area contributed by atoms with Gasteiger partial charge in [-0.2, -0.15) is 0 Å². The van der Waals surface area contributed by atoms with Crippen molar-refractivity contribution in [1.82, 2.24) is 10.3 Å². The lowest BCUT2D eigenvalue weighted by Crippen LogP contribution is -2.25. The van der Waals surface area contributed by atoms with Crippen LogP contribution in [-0.2, 0) is 11.3 Å². The Labute approximate surface area is 145 Å². The molecular weight excluding hydrogens is 349 g/mol. The Morgan fingerprint density at radius 2 is 2.12 bits per heavy atom. The number of carbonyl (C=O) groups excluding carboxylic acids is 1. The number of nitrogens with zero attached hydrogens (tertiary/aromatic N) is 2. The molecule has 0 aliphatic carbocycles. The maximum atomic E-state index is 13.5. The molecule has 0 fully saturated rings. The highest BCUT2D eigenvalue weighted by Gasteiger charge is 2.13. The van der Waals surface area contributed by atoms with Gasteiger partial charge in [0.05, 0.1) is 10.7 Å². The van der Waals surface area contributed by atoms with E-state index in [0.717, 1.165) is 11.8 Å². The molecule has 0 spiro atoms. The van der Waals surface area contributed by atoms with Crippen LogP contribution in [0.1, 0.15) is 5.56 Å². The number of fused-ring (bicyclic) bond motifs is 1. The van der Waals surface area contributed by atoms with Gasteiger partial charge in [0.25, 0.3) is 10.9 Å². The Morgan fingerprint density at radius 3 is 2.88 bits per heavy atom. The molecule has 0 unspecified atom stereocenters. The Morgan fingerprint density at radius 1 is 1.32 bits per heavy atom. The molecule has 0 saturated heterocycles. The zero-order chi connectivity index (χ0) is 17.8. The lowest BCUT2D eigenvalue weighted by Gasteiger charge is -2.05. The highest BCUT2D eigenvalue weighted by Crippen LogP contribution is 2.26. The van der Waals surface area contributed by atoms with Crippen molar-refractivity contribution >= 4 is 34.5 Å². The van der Waals surface area contributed by atoms with Crippen molar-refractivity contribution in [2.75, 3.05) is 5.75 Å². The molecule has 128 valence electrons. The summed E-state index contributed by atoms with van der Waals surface area (Å²) in [7, 11) is 0. The highest BCUT2D eigenvalue weighted by atomic mass is 32.2. The number of oxazole rings is 1. The average molecular weight is 361 g/mol. The number of hydrogen-bond donors (Lipinski definition) is 1. The number of non-ortho nitro benzene ring substituents is 1. The van der Waals surface area contributed by atoms with E-state index in [-0.39, 0.29) is 34.9 Å². The molecule has 3 rings (SSSR count). The van der Waals surface area contributed by atoms with Crippen molar-refractivity contribution in [3.8, 4) is 0 Å². The zero-order valence-corrected chi connectivity index (χ0v) is 13.6. The summed E-state index contributed by atoms with van der Waals surface area (Å²) in [5, 5.41) is 13.6. The topological polar surface area (TPSA) is 98.3 Å². The molecule has 1 heterocycles. The van der Waals surface area contributed by atoms with Crippen molar-refractivity contribution in [1.29, 1.82) is 0 Å². The van der Waals surface area contributed by atoms with Crippen LogP contribution in [0.4, 0.5) is 10.1 Å². The first-order chi connectivity index (χ1) is 12.0. The number of thioether (sulfide) groups is 1. The minimum atomic E-state index is -0.517. The van der Waals surface area contributed by atoms with E-state index in [1.54, 1.807) is 18.2 Å². The van der Waals surface area contributed by atoms with Gasteiger partial charge in [-0.3, -0.25) is 14.9 Å². The maximum Gasteiger partial charge on any atom is 0.271 e. The van der Waals surface area contributed by atoms with Crippen LogP contribution in [0.25, 0.3) is 11.1 Å². The quantitative estimate of drug-likeness (QED) is 0.411. The van der Waals surface area contributed by atoms with Crippen LogP contribution in [-0.4, -0.2) is 21.6 Å².